The lowest BCUT2D eigenvalue weighted by atomic mass is 9.75. The molecule has 0 saturated heterocycles. The number of nitrogens with zero attached hydrogens (tertiary/aromatic N) is 1. The maximum atomic E-state index is 13.2. The Kier molecular flexibility index (Phi) is 4.66. The van der Waals surface area contributed by atoms with E-state index in [0.717, 1.165) is 28.3 Å². The molecule has 2 aromatic rings. The number of carbonyl (C=O) groups excluding carboxylic acids is 2. The van der Waals surface area contributed by atoms with Crippen LogP contribution in [-0.4, -0.2) is 16.7 Å². The van der Waals surface area contributed by atoms with Gasteiger partial charge < -0.3 is 10.6 Å². The Morgan fingerprint density at radius 1 is 1.26 bits per heavy atom. The molecule has 2 N–H and O–H groups in total. The van der Waals surface area contributed by atoms with Crippen molar-refractivity contribution in [3.8, 4) is 0 Å². The van der Waals surface area contributed by atoms with E-state index in [1.807, 2.05) is 30.5 Å². The number of carbonyl (C=O) groups is 2. The maximum Gasteiger partial charge on any atom is 0.255 e. The fourth-order valence-corrected chi connectivity index (χ4v) is 4.74. The van der Waals surface area contributed by atoms with Crippen LogP contribution in [0.15, 0.2) is 64.4 Å². The van der Waals surface area contributed by atoms with Gasteiger partial charge in [-0.2, -0.15) is 0 Å². The molecule has 2 aliphatic rings. The first-order chi connectivity index (χ1) is 13.0. The number of anilines is 1. The number of dihydropyridines is 1. The first kappa shape index (κ1) is 17.7. The second-order valence-electron chi connectivity index (χ2n) is 7.11. The minimum Gasteiger partial charge on any atom is -0.362 e. The van der Waals surface area contributed by atoms with Gasteiger partial charge in [0.2, 0.25) is 0 Å². The summed E-state index contributed by atoms with van der Waals surface area (Å²) in [5, 5.41) is 8.21. The SMILES string of the molecule is CC1=C(C(=O)Nc2ccccn2)[C@H](c2cccs2)C2=C(C[C@@H](C)CC2=O)N1. The van der Waals surface area contributed by atoms with Crippen LogP contribution in [0.3, 0.4) is 0 Å². The molecule has 2 aromatic heterocycles. The molecule has 0 fully saturated rings. The Balaban J connectivity index is 1.77. The molecular formula is C21H21N3O2S. The Morgan fingerprint density at radius 2 is 2.11 bits per heavy atom. The Labute approximate surface area is 162 Å². The minimum atomic E-state index is -0.329. The zero-order chi connectivity index (χ0) is 19.0. The Bertz CT molecular complexity index is 945. The average Bonchev–Trinajstić information content (AvgIpc) is 3.15. The fourth-order valence-electron chi connectivity index (χ4n) is 3.90. The number of rotatable bonds is 3. The number of allylic oxidation sites excluding steroid dienone is 3. The second kappa shape index (κ2) is 7.12. The highest BCUT2D eigenvalue weighted by Crippen LogP contribution is 2.44. The summed E-state index contributed by atoms with van der Waals surface area (Å²) in [6, 6.07) is 9.34. The third kappa shape index (κ3) is 3.32. The van der Waals surface area contributed by atoms with E-state index >= 15 is 0 Å². The van der Waals surface area contributed by atoms with Crippen molar-refractivity contribution in [1.82, 2.24) is 10.3 Å². The minimum absolute atomic E-state index is 0.130. The number of Topliss-reactive ketones (excluding diaryl/α,β-unsaturated/α-hetero) is 1. The van der Waals surface area contributed by atoms with E-state index in [2.05, 4.69) is 22.5 Å². The van der Waals surface area contributed by atoms with Crippen molar-refractivity contribution in [2.24, 2.45) is 5.92 Å². The number of amides is 1. The van der Waals surface area contributed by atoms with Crippen molar-refractivity contribution in [1.29, 1.82) is 0 Å². The molecule has 0 unspecified atom stereocenters. The first-order valence-corrected chi connectivity index (χ1v) is 9.92. The summed E-state index contributed by atoms with van der Waals surface area (Å²) in [5.74, 6) is 0.380. The van der Waals surface area contributed by atoms with Crippen LogP contribution in [-0.2, 0) is 9.59 Å². The first-order valence-electron chi connectivity index (χ1n) is 9.04. The van der Waals surface area contributed by atoms with Gasteiger partial charge in [-0.05, 0) is 42.8 Å². The molecule has 2 atom stereocenters. The molecule has 1 aliphatic carbocycles. The lowest BCUT2D eigenvalue weighted by Gasteiger charge is -2.35. The smallest absolute Gasteiger partial charge is 0.255 e. The standard InChI is InChI=1S/C21H21N3O2S/c1-12-10-14-19(15(25)11-12)20(16-6-5-9-27-16)18(13(2)23-14)21(26)24-17-7-3-4-8-22-17/h3-9,12,20,23H,10-11H2,1-2H3,(H,22,24,26)/t12-,20+/m1/s1. The third-order valence-electron chi connectivity index (χ3n) is 5.01. The largest absolute Gasteiger partial charge is 0.362 e. The van der Waals surface area contributed by atoms with Gasteiger partial charge in [0, 0.05) is 40.0 Å². The van der Waals surface area contributed by atoms with Crippen molar-refractivity contribution >= 4 is 28.8 Å². The van der Waals surface area contributed by atoms with Crippen molar-refractivity contribution in [3.63, 3.8) is 0 Å². The van der Waals surface area contributed by atoms with Gasteiger partial charge in [-0.3, -0.25) is 9.59 Å². The predicted octanol–water partition coefficient (Wildman–Crippen LogP) is 4.00. The molecule has 138 valence electrons. The summed E-state index contributed by atoms with van der Waals surface area (Å²) in [7, 11) is 0. The third-order valence-corrected chi connectivity index (χ3v) is 5.95. The number of thiophene rings is 1. The van der Waals surface area contributed by atoms with Gasteiger partial charge in [0.25, 0.3) is 5.91 Å². The summed E-state index contributed by atoms with van der Waals surface area (Å²) in [6.45, 7) is 3.99. The van der Waals surface area contributed by atoms with E-state index in [4.69, 9.17) is 0 Å². The van der Waals surface area contributed by atoms with Crippen LogP contribution in [0.4, 0.5) is 5.82 Å². The normalized spacial score (nSPS) is 22.4. The monoisotopic (exact) mass is 379 g/mol. The van der Waals surface area contributed by atoms with Gasteiger partial charge in [-0.15, -0.1) is 11.3 Å². The topological polar surface area (TPSA) is 71.1 Å². The van der Waals surface area contributed by atoms with Gasteiger partial charge in [-0.1, -0.05) is 19.1 Å². The Morgan fingerprint density at radius 3 is 2.81 bits per heavy atom. The van der Waals surface area contributed by atoms with E-state index in [-0.39, 0.29) is 17.6 Å². The predicted molar refractivity (Wildman–Crippen MR) is 106 cm³/mol. The average molecular weight is 379 g/mol. The van der Waals surface area contributed by atoms with Crippen LogP contribution < -0.4 is 10.6 Å². The quantitative estimate of drug-likeness (QED) is 0.846. The van der Waals surface area contributed by atoms with Gasteiger partial charge >= 0.3 is 0 Å². The van der Waals surface area contributed by atoms with Crippen LogP contribution in [0.5, 0.6) is 0 Å². The lowest BCUT2D eigenvalue weighted by Crippen LogP contribution is -2.36. The zero-order valence-electron chi connectivity index (χ0n) is 15.3. The number of hydrogen-bond acceptors (Lipinski definition) is 5. The molecule has 0 aromatic carbocycles. The van der Waals surface area contributed by atoms with Gasteiger partial charge in [0.1, 0.15) is 5.82 Å². The van der Waals surface area contributed by atoms with E-state index in [1.54, 1.807) is 29.7 Å². The molecule has 1 aliphatic heterocycles. The van der Waals surface area contributed by atoms with Crippen LogP contribution >= 0.6 is 11.3 Å². The van der Waals surface area contributed by atoms with Crippen LogP contribution in [0.25, 0.3) is 0 Å². The zero-order valence-corrected chi connectivity index (χ0v) is 16.1. The van der Waals surface area contributed by atoms with Crippen molar-refractivity contribution in [2.75, 3.05) is 5.32 Å². The molecule has 4 rings (SSSR count). The molecule has 0 radical (unpaired) electrons. The number of nitrogens with one attached hydrogen (secondary N) is 2. The molecule has 3 heterocycles. The lowest BCUT2D eigenvalue weighted by molar-refractivity contribution is -0.117. The highest BCUT2D eigenvalue weighted by atomic mass is 32.1. The van der Waals surface area contributed by atoms with Gasteiger partial charge in [0.05, 0.1) is 5.92 Å². The van der Waals surface area contributed by atoms with E-state index < -0.39 is 0 Å². The molecular weight excluding hydrogens is 358 g/mol. The highest BCUT2D eigenvalue weighted by molar-refractivity contribution is 7.10. The number of ketones is 1. The summed E-state index contributed by atoms with van der Waals surface area (Å²) < 4.78 is 0. The summed E-state index contributed by atoms with van der Waals surface area (Å²) in [6.07, 6.45) is 2.99. The summed E-state index contributed by atoms with van der Waals surface area (Å²) >= 11 is 1.57. The van der Waals surface area contributed by atoms with Crippen LogP contribution in [0, 0.1) is 5.92 Å². The molecule has 0 saturated carbocycles. The highest BCUT2D eigenvalue weighted by Gasteiger charge is 2.40. The van der Waals surface area contributed by atoms with Crippen molar-refractivity contribution < 1.29 is 9.59 Å². The second-order valence-corrected chi connectivity index (χ2v) is 8.09. The van der Waals surface area contributed by atoms with Crippen LogP contribution in [0.1, 0.15) is 37.5 Å². The molecule has 6 heteroatoms. The van der Waals surface area contributed by atoms with Crippen molar-refractivity contribution in [3.05, 3.63) is 69.3 Å². The molecule has 1 amide bonds. The molecule has 0 bridgehead atoms. The molecule has 0 spiro atoms. The van der Waals surface area contributed by atoms with Gasteiger partial charge in [-0.25, -0.2) is 4.98 Å². The fraction of sp³-hybridized carbons (Fsp3) is 0.286. The summed E-state index contributed by atoms with van der Waals surface area (Å²) in [5.41, 5.74) is 3.09. The van der Waals surface area contributed by atoms with Crippen LogP contribution in [0.2, 0.25) is 0 Å². The van der Waals surface area contributed by atoms with E-state index in [9.17, 15) is 9.59 Å². The van der Waals surface area contributed by atoms with E-state index in [1.165, 1.54) is 0 Å². The Hall–Kier alpha value is -2.73. The molecule has 27 heavy (non-hydrogen) atoms. The maximum absolute atomic E-state index is 13.2. The van der Waals surface area contributed by atoms with E-state index in [0.29, 0.717) is 23.7 Å². The number of hydrogen-bond donors (Lipinski definition) is 2. The number of pyridine rings is 1. The number of aromatic nitrogens is 1. The summed E-state index contributed by atoms with van der Waals surface area (Å²) in [4.78, 5) is 31.3. The van der Waals surface area contributed by atoms with Gasteiger partial charge in [0.15, 0.2) is 5.78 Å². The van der Waals surface area contributed by atoms with Crippen molar-refractivity contribution in [2.45, 2.75) is 32.6 Å². The molecule has 5 nitrogen and oxygen atoms in total.